The molecule has 0 atom stereocenters. The molecule has 3 heterocycles. The van der Waals surface area contributed by atoms with Crippen molar-refractivity contribution in [2.45, 2.75) is 32.9 Å². The summed E-state index contributed by atoms with van der Waals surface area (Å²) in [5.41, 5.74) is -1.17. The first kappa shape index (κ1) is 20.2. The molecular weight excluding hydrogens is 416 g/mol. The van der Waals surface area contributed by atoms with Crippen LogP contribution < -0.4 is 21.5 Å². The minimum Gasteiger partial charge on any atom is -0.348 e. The molecule has 0 aliphatic carbocycles. The van der Waals surface area contributed by atoms with Crippen LogP contribution in [-0.2, 0) is 17.9 Å². The number of benzene rings is 1. The van der Waals surface area contributed by atoms with Crippen molar-refractivity contribution in [1.29, 1.82) is 0 Å². The van der Waals surface area contributed by atoms with Gasteiger partial charge in [0.2, 0.25) is 5.91 Å². The molecule has 0 saturated carbocycles. The number of halogens is 2. The zero-order valence-corrected chi connectivity index (χ0v) is 17.0. The van der Waals surface area contributed by atoms with Crippen molar-refractivity contribution in [3.8, 4) is 0 Å². The number of aromatic nitrogens is 3. The number of carbonyl (C=O) groups is 1. The molecule has 1 aromatic carbocycles. The van der Waals surface area contributed by atoms with Gasteiger partial charge in [0.05, 0.1) is 5.69 Å². The molecule has 1 amide bonds. The Bertz CT molecular complexity index is 1240. The zero-order chi connectivity index (χ0) is 21.4. The molecule has 1 fully saturated rings. The first-order valence-corrected chi connectivity index (χ1v) is 10.3. The van der Waals surface area contributed by atoms with E-state index in [1.807, 2.05) is 4.90 Å². The highest BCUT2D eigenvalue weighted by atomic mass is 32.1. The van der Waals surface area contributed by atoms with Crippen molar-refractivity contribution in [3.63, 3.8) is 0 Å². The molecule has 1 saturated heterocycles. The molecule has 0 spiro atoms. The van der Waals surface area contributed by atoms with E-state index in [0.29, 0.717) is 15.9 Å². The van der Waals surface area contributed by atoms with E-state index in [4.69, 9.17) is 0 Å². The molecule has 0 bridgehead atoms. The van der Waals surface area contributed by atoms with Gasteiger partial charge in [-0.05, 0) is 31.9 Å². The largest absolute Gasteiger partial charge is 0.348 e. The second-order valence-electron chi connectivity index (χ2n) is 6.93. The summed E-state index contributed by atoms with van der Waals surface area (Å²) >= 11 is 1.20. The molecule has 30 heavy (non-hydrogen) atoms. The van der Waals surface area contributed by atoms with Gasteiger partial charge in [-0.1, -0.05) is 11.3 Å². The molecule has 1 aliphatic rings. The molecule has 8 nitrogen and oxygen atoms in total. The zero-order valence-electron chi connectivity index (χ0n) is 16.2. The van der Waals surface area contributed by atoms with Crippen molar-refractivity contribution in [1.82, 2.24) is 14.1 Å². The summed E-state index contributed by atoms with van der Waals surface area (Å²) in [6, 6.07) is 2.77. The van der Waals surface area contributed by atoms with Gasteiger partial charge >= 0.3 is 5.69 Å². The van der Waals surface area contributed by atoms with Gasteiger partial charge in [-0.3, -0.25) is 18.7 Å². The summed E-state index contributed by atoms with van der Waals surface area (Å²) in [5.74, 6) is -2.39. The van der Waals surface area contributed by atoms with E-state index in [2.05, 4.69) is 10.3 Å². The number of anilines is 2. The fourth-order valence-corrected chi connectivity index (χ4v) is 4.53. The fourth-order valence-electron chi connectivity index (χ4n) is 3.46. The summed E-state index contributed by atoms with van der Waals surface area (Å²) in [6.45, 7) is 2.97. The van der Waals surface area contributed by atoms with Crippen molar-refractivity contribution < 1.29 is 13.6 Å². The van der Waals surface area contributed by atoms with Crippen LogP contribution in [0.1, 0.15) is 19.8 Å². The molecule has 1 N–H and O–H groups in total. The Morgan fingerprint density at radius 2 is 1.93 bits per heavy atom. The van der Waals surface area contributed by atoms with E-state index >= 15 is 0 Å². The maximum atomic E-state index is 13.8. The van der Waals surface area contributed by atoms with E-state index in [-0.39, 0.29) is 17.9 Å². The van der Waals surface area contributed by atoms with Crippen LogP contribution in [0.3, 0.4) is 0 Å². The van der Waals surface area contributed by atoms with Crippen LogP contribution >= 0.6 is 11.3 Å². The maximum absolute atomic E-state index is 13.8. The Balaban J connectivity index is 1.74. The standard InChI is InChI=1S/C19H19F2N5O3S/c1-2-25-17(28)15-16(23-18(30-15)24-7-3-4-8-24)26(19(25)29)10-14(27)22-13-6-5-11(20)9-12(13)21/h5-6,9H,2-4,7-8,10H2,1H3,(H,22,27). The first-order chi connectivity index (χ1) is 14.4. The second kappa shape index (κ2) is 7.98. The third kappa shape index (κ3) is 3.60. The lowest BCUT2D eigenvalue weighted by molar-refractivity contribution is -0.116. The molecule has 0 radical (unpaired) electrons. The Morgan fingerprint density at radius 1 is 1.20 bits per heavy atom. The third-order valence-electron chi connectivity index (χ3n) is 4.95. The lowest BCUT2D eigenvalue weighted by Gasteiger charge is -2.12. The number of hydrogen-bond acceptors (Lipinski definition) is 6. The third-order valence-corrected chi connectivity index (χ3v) is 6.05. The van der Waals surface area contributed by atoms with E-state index in [1.54, 1.807) is 6.92 Å². The van der Waals surface area contributed by atoms with Crippen LogP contribution in [0.25, 0.3) is 10.3 Å². The van der Waals surface area contributed by atoms with Crippen LogP contribution in [0.4, 0.5) is 19.6 Å². The van der Waals surface area contributed by atoms with Crippen LogP contribution in [0, 0.1) is 11.6 Å². The van der Waals surface area contributed by atoms with Crippen molar-refractivity contribution in [2.24, 2.45) is 0 Å². The van der Waals surface area contributed by atoms with Crippen LogP contribution in [0.15, 0.2) is 27.8 Å². The average Bonchev–Trinajstić information content (AvgIpc) is 3.37. The minimum absolute atomic E-state index is 0.135. The molecular formula is C19H19F2N5O3S. The van der Waals surface area contributed by atoms with E-state index in [9.17, 15) is 23.2 Å². The van der Waals surface area contributed by atoms with Crippen molar-refractivity contribution >= 4 is 38.4 Å². The molecule has 3 aromatic rings. The fraction of sp³-hybridized carbons (Fsp3) is 0.368. The molecule has 158 valence electrons. The quantitative estimate of drug-likeness (QED) is 0.664. The average molecular weight is 435 g/mol. The summed E-state index contributed by atoms with van der Waals surface area (Å²) < 4.78 is 29.4. The number of amides is 1. The van der Waals surface area contributed by atoms with Gasteiger partial charge in [-0.25, -0.2) is 18.6 Å². The van der Waals surface area contributed by atoms with Gasteiger partial charge in [-0.2, -0.15) is 0 Å². The first-order valence-electron chi connectivity index (χ1n) is 9.53. The van der Waals surface area contributed by atoms with Crippen LogP contribution in [0.2, 0.25) is 0 Å². The van der Waals surface area contributed by atoms with Gasteiger partial charge in [0, 0.05) is 25.7 Å². The Morgan fingerprint density at radius 3 is 2.60 bits per heavy atom. The Kier molecular flexibility index (Phi) is 5.37. The monoisotopic (exact) mass is 435 g/mol. The van der Waals surface area contributed by atoms with Gasteiger partial charge in [-0.15, -0.1) is 0 Å². The second-order valence-corrected chi connectivity index (χ2v) is 7.91. The number of nitrogens with one attached hydrogen (secondary N) is 1. The van der Waals surface area contributed by atoms with E-state index < -0.39 is 35.3 Å². The summed E-state index contributed by atoms with van der Waals surface area (Å²) in [6.07, 6.45) is 2.04. The minimum atomic E-state index is -0.927. The van der Waals surface area contributed by atoms with Crippen molar-refractivity contribution in [3.05, 3.63) is 50.7 Å². The predicted molar refractivity (Wildman–Crippen MR) is 110 cm³/mol. The number of thiazole rings is 1. The molecule has 2 aromatic heterocycles. The summed E-state index contributed by atoms with van der Waals surface area (Å²) in [7, 11) is 0. The lowest BCUT2D eigenvalue weighted by atomic mass is 10.3. The molecule has 4 rings (SSSR count). The predicted octanol–water partition coefficient (Wildman–Crippen LogP) is 2.16. The number of hydrogen-bond donors (Lipinski definition) is 1. The van der Waals surface area contributed by atoms with E-state index in [1.165, 1.54) is 11.3 Å². The highest BCUT2D eigenvalue weighted by Gasteiger charge is 2.23. The number of carbonyl (C=O) groups excluding carboxylic acids is 1. The lowest BCUT2D eigenvalue weighted by Crippen LogP contribution is -2.41. The van der Waals surface area contributed by atoms with Crippen LogP contribution in [0.5, 0.6) is 0 Å². The molecule has 0 unspecified atom stereocenters. The molecule has 1 aliphatic heterocycles. The smallest absolute Gasteiger partial charge is 0.333 e. The number of rotatable bonds is 5. The van der Waals surface area contributed by atoms with Crippen LogP contribution in [-0.4, -0.2) is 33.1 Å². The van der Waals surface area contributed by atoms with Gasteiger partial charge in [0.25, 0.3) is 5.56 Å². The normalized spacial score (nSPS) is 13.9. The Labute approximate surface area is 173 Å². The maximum Gasteiger partial charge on any atom is 0.333 e. The summed E-state index contributed by atoms with van der Waals surface area (Å²) in [4.78, 5) is 44.6. The highest BCUT2D eigenvalue weighted by Crippen LogP contribution is 2.28. The topological polar surface area (TPSA) is 89.2 Å². The molecule has 11 heteroatoms. The Hall–Kier alpha value is -3.08. The van der Waals surface area contributed by atoms with Gasteiger partial charge in [0.1, 0.15) is 22.9 Å². The highest BCUT2D eigenvalue weighted by molar-refractivity contribution is 7.22. The van der Waals surface area contributed by atoms with Crippen molar-refractivity contribution in [2.75, 3.05) is 23.3 Å². The number of nitrogens with zero attached hydrogens (tertiary/aromatic N) is 4. The van der Waals surface area contributed by atoms with Gasteiger partial charge < -0.3 is 10.2 Å². The number of fused-ring (bicyclic) bond motifs is 1. The van der Waals surface area contributed by atoms with E-state index in [0.717, 1.165) is 47.2 Å². The van der Waals surface area contributed by atoms with Gasteiger partial charge in [0.15, 0.2) is 10.8 Å². The summed E-state index contributed by atoms with van der Waals surface area (Å²) in [5, 5.41) is 2.96. The SMILES string of the molecule is CCn1c(=O)c2sc(N3CCCC3)nc2n(CC(=O)Nc2ccc(F)cc2F)c1=O.